The second-order valence-corrected chi connectivity index (χ2v) is 9.30. The van der Waals surface area contributed by atoms with Crippen molar-refractivity contribution in [2.75, 3.05) is 47.8 Å². The number of rotatable bonds is 7. The van der Waals surface area contributed by atoms with Crippen molar-refractivity contribution in [1.29, 1.82) is 0 Å². The Balaban J connectivity index is 1.23. The van der Waals surface area contributed by atoms with E-state index in [1.54, 1.807) is 18.6 Å². The highest BCUT2D eigenvalue weighted by molar-refractivity contribution is 7.80. The number of nitrogens with zero attached hydrogens (tertiary/aromatic N) is 4. The molecule has 0 spiro atoms. The van der Waals surface area contributed by atoms with E-state index in [0.29, 0.717) is 43.5 Å². The molecule has 0 aliphatic carbocycles. The Morgan fingerprint density at radius 2 is 1.43 bits per heavy atom. The van der Waals surface area contributed by atoms with Crippen LogP contribution in [0.25, 0.3) is 0 Å². The zero-order valence-electron chi connectivity index (χ0n) is 20.4. The zero-order chi connectivity index (χ0) is 25.5. The standard InChI is InChI=1S/C29H29FN6S/c30-25-13-7-8-14-27(25)35-15-17-36(18-16-35)28-26(20-31-21-33-28)34-29(37)32-19-24(22-9-3-1-4-10-22)23-11-5-2-6-12-23/h1-14,20-21,24H,15-19H2,(H2,32,34,37). The maximum absolute atomic E-state index is 14.2. The number of piperazine rings is 1. The first-order valence-corrected chi connectivity index (χ1v) is 12.8. The van der Waals surface area contributed by atoms with Crippen molar-refractivity contribution < 1.29 is 4.39 Å². The summed E-state index contributed by atoms with van der Waals surface area (Å²) in [5.41, 5.74) is 3.83. The van der Waals surface area contributed by atoms with Gasteiger partial charge >= 0.3 is 0 Å². The molecule has 5 rings (SSSR count). The van der Waals surface area contributed by atoms with E-state index in [1.807, 2.05) is 24.3 Å². The third kappa shape index (κ3) is 6.03. The molecule has 0 radical (unpaired) electrons. The number of aromatic nitrogens is 2. The molecule has 2 heterocycles. The SMILES string of the molecule is Fc1ccccc1N1CCN(c2ncncc2NC(=S)NCC(c2ccccc2)c2ccccc2)CC1. The molecule has 2 N–H and O–H groups in total. The summed E-state index contributed by atoms with van der Waals surface area (Å²) >= 11 is 5.67. The van der Waals surface area contributed by atoms with Gasteiger partial charge in [-0.1, -0.05) is 72.8 Å². The van der Waals surface area contributed by atoms with Crippen molar-refractivity contribution in [3.63, 3.8) is 0 Å². The maximum atomic E-state index is 14.2. The molecule has 1 aromatic heterocycles. The van der Waals surface area contributed by atoms with E-state index in [-0.39, 0.29) is 11.7 Å². The van der Waals surface area contributed by atoms with Crippen molar-refractivity contribution in [3.8, 4) is 0 Å². The molecule has 8 heteroatoms. The Morgan fingerprint density at radius 3 is 2.08 bits per heavy atom. The quantitative estimate of drug-likeness (QED) is 0.336. The predicted octanol–water partition coefficient (Wildman–Crippen LogP) is 5.06. The Hall–Kier alpha value is -4.04. The van der Waals surface area contributed by atoms with Gasteiger partial charge in [0.15, 0.2) is 10.9 Å². The van der Waals surface area contributed by atoms with E-state index >= 15 is 0 Å². The van der Waals surface area contributed by atoms with Gasteiger partial charge in [-0.15, -0.1) is 0 Å². The number of halogens is 1. The van der Waals surface area contributed by atoms with Crippen LogP contribution >= 0.6 is 12.2 Å². The fourth-order valence-electron chi connectivity index (χ4n) is 4.69. The Morgan fingerprint density at radius 1 is 0.838 bits per heavy atom. The van der Waals surface area contributed by atoms with Gasteiger partial charge in [0.2, 0.25) is 0 Å². The second kappa shape index (κ2) is 11.8. The second-order valence-electron chi connectivity index (χ2n) is 8.89. The first-order valence-electron chi connectivity index (χ1n) is 12.4. The Bertz CT molecular complexity index is 1270. The van der Waals surface area contributed by atoms with Gasteiger partial charge in [-0.3, -0.25) is 0 Å². The van der Waals surface area contributed by atoms with Gasteiger partial charge in [-0.05, 0) is 35.5 Å². The lowest BCUT2D eigenvalue weighted by Gasteiger charge is -2.37. The highest BCUT2D eigenvalue weighted by Gasteiger charge is 2.22. The van der Waals surface area contributed by atoms with Crippen molar-refractivity contribution in [3.05, 3.63) is 114 Å². The first kappa shape index (κ1) is 24.6. The van der Waals surface area contributed by atoms with Crippen LogP contribution in [0.15, 0.2) is 97.5 Å². The van der Waals surface area contributed by atoms with Crippen LogP contribution in [0.4, 0.5) is 21.6 Å². The lowest BCUT2D eigenvalue weighted by Crippen LogP contribution is -2.47. The third-order valence-electron chi connectivity index (χ3n) is 6.58. The summed E-state index contributed by atoms with van der Waals surface area (Å²) in [6, 6.07) is 27.7. The van der Waals surface area contributed by atoms with Gasteiger partial charge in [0.25, 0.3) is 0 Å². The van der Waals surface area contributed by atoms with E-state index in [2.05, 4.69) is 78.9 Å². The minimum atomic E-state index is -0.193. The molecule has 0 saturated carbocycles. The van der Waals surface area contributed by atoms with Crippen LogP contribution in [-0.4, -0.2) is 47.8 Å². The normalized spacial score (nSPS) is 13.5. The molecule has 37 heavy (non-hydrogen) atoms. The van der Waals surface area contributed by atoms with Crippen LogP contribution in [0.5, 0.6) is 0 Å². The number of benzene rings is 3. The zero-order valence-corrected chi connectivity index (χ0v) is 21.2. The van der Waals surface area contributed by atoms with Crippen LogP contribution in [0.1, 0.15) is 17.0 Å². The third-order valence-corrected chi connectivity index (χ3v) is 6.83. The molecular weight excluding hydrogens is 483 g/mol. The first-order chi connectivity index (χ1) is 18.2. The van der Waals surface area contributed by atoms with E-state index in [1.165, 1.54) is 17.2 Å². The summed E-state index contributed by atoms with van der Waals surface area (Å²) in [7, 11) is 0. The summed E-state index contributed by atoms with van der Waals surface area (Å²) in [5, 5.41) is 7.20. The summed E-state index contributed by atoms with van der Waals surface area (Å²) in [6.07, 6.45) is 3.28. The fraction of sp³-hybridized carbons (Fsp3) is 0.207. The van der Waals surface area contributed by atoms with E-state index in [9.17, 15) is 4.39 Å². The van der Waals surface area contributed by atoms with Gasteiger partial charge in [0.1, 0.15) is 17.8 Å². The fourth-order valence-corrected chi connectivity index (χ4v) is 4.88. The van der Waals surface area contributed by atoms with Gasteiger partial charge in [0.05, 0.1) is 11.9 Å². The highest BCUT2D eigenvalue weighted by Crippen LogP contribution is 2.27. The smallest absolute Gasteiger partial charge is 0.170 e. The average molecular weight is 513 g/mol. The molecule has 1 saturated heterocycles. The number of hydrogen-bond acceptors (Lipinski definition) is 5. The van der Waals surface area contributed by atoms with Crippen molar-refractivity contribution in [2.24, 2.45) is 0 Å². The molecule has 188 valence electrons. The molecule has 1 aliphatic rings. The molecule has 1 fully saturated rings. The maximum Gasteiger partial charge on any atom is 0.170 e. The van der Waals surface area contributed by atoms with Gasteiger partial charge in [-0.2, -0.15) is 0 Å². The molecule has 0 atom stereocenters. The van der Waals surface area contributed by atoms with Crippen LogP contribution in [0.2, 0.25) is 0 Å². The largest absolute Gasteiger partial charge is 0.366 e. The van der Waals surface area contributed by atoms with Crippen LogP contribution in [-0.2, 0) is 0 Å². The Kier molecular flexibility index (Phi) is 7.86. The minimum absolute atomic E-state index is 0.153. The van der Waals surface area contributed by atoms with E-state index in [4.69, 9.17) is 12.2 Å². The van der Waals surface area contributed by atoms with Gasteiger partial charge in [-0.25, -0.2) is 14.4 Å². The van der Waals surface area contributed by atoms with E-state index < -0.39 is 0 Å². The van der Waals surface area contributed by atoms with Crippen molar-refractivity contribution >= 4 is 34.5 Å². The number of thiocarbonyl (C=S) groups is 1. The van der Waals surface area contributed by atoms with Crippen molar-refractivity contribution in [1.82, 2.24) is 15.3 Å². The molecule has 0 bridgehead atoms. The molecular formula is C29H29FN6S. The van der Waals surface area contributed by atoms with Crippen LogP contribution in [0, 0.1) is 5.82 Å². The minimum Gasteiger partial charge on any atom is -0.366 e. The highest BCUT2D eigenvalue weighted by atomic mass is 32.1. The summed E-state index contributed by atoms with van der Waals surface area (Å²) < 4.78 is 14.2. The summed E-state index contributed by atoms with van der Waals surface area (Å²) in [6.45, 7) is 3.46. The summed E-state index contributed by atoms with van der Waals surface area (Å²) in [4.78, 5) is 13.0. The lowest BCUT2D eigenvalue weighted by molar-refractivity contribution is 0.596. The predicted molar refractivity (Wildman–Crippen MR) is 152 cm³/mol. The van der Waals surface area contributed by atoms with E-state index in [0.717, 1.165) is 11.5 Å². The lowest BCUT2D eigenvalue weighted by atomic mass is 9.91. The number of para-hydroxylation sites is 1. The number of nitrogens with one attached hydrogen (secondary N) is 2. The number of anilines is 3. The topological polar surface area (TPSA) is 56.3 Å². The molecule has 6 nitrogen and oxygen atoms in total. The molecule has 0 amide bonds. The molecule has 1 aliphatic heterocycles. The number of hydrogen-bond donors (Lipinski definition) is 2. The molecule has 0 unspecified atom stereocenters. The monoisotopic (exact) mass is 512 g/mol. The summed E-state index contributed by atoms with van der Waals surface area (Å²) in [5.74, 6) is 0.746. The molecule has 3 aromatic carbocycles. The van der Waals surface area contributed by atoms with Gasteiger partial charge < -0.3 is 20.4 Å². The van der Waals surface area contributed by atoms with Gasteiger partial charge in [0, 0.05) is 38.6 Å². The van der Waals surface area contributed by atoms with Crippen LogP contribution in [0.3, 0.4) is 0 Å². The van der Waals surface area contributed by atoms with Crippen LogP contribution < -0.4 is 20.4 Å². The molecule has 4 aromatic rings. The Labute approximate surface area is 222 Å². The van der Waals surface area contributed by atoms with Crippen molar-refractivity contribution in [2.45, 2.75) is 5.92 Å². The average Bonchev–Trinajstić information content (AvgIpc) is 2.95.